The van der Waals surface area contributed by atoms with E-state index in [1.54, 1.807) is 24.5 Å². The molecule has 0 saturated carbocycles. The van der Waals surface area contributed by atoms with Gasteiger partial charge in [-0.15, -0.1) is 0 Å². The quantitative estimate of drug-likeness (QED) is 0.794. The van der Waals surface area contributed by atoms with Gasteiger partial charge in [-0.05, 0) is 47.4 Å². The Labute approximate surface area is 144 Å². The van der Waals surface area contributed by atoms with Crippen molar-refractivity contribution in [3.8, 4) is 11.1 Å². The average Bonchev–Trinajstić information content (AvgIpc) is 3.01. The van der Waals surface area contributed by atoms with E-state index >= 15 is 0 Å². The van der Waals surface area contributed by atoms with Gasteiger partial charge in [-0.3, -0.25) is 4.79 Å². The molecule has 0 unspecified atom stereocenters. The molecule has 1 aromatic heterocycles. The number of aryl methyl sites for hydroxylation is 2. The predicted molar refractivity (Wildman–Crippen MR) is 93.6 cm³/mol. The molecule has 4 rings (SSSR count). The van der Waals surface area contributed by atoms with Crippen LogP contribution in [0.25, 0.3) is 11.1 Å². The van der Waals surface area contributed by atoms with E-state index in [-0.39, 0.29) is 11.7 Å². The summed E-state index contributed by atoms with van der Waals surface area (Å²) in [5, 5.41) is 2.83. The summed E-state index contributed by atoms with van der Waals surface area (Å²) in [7, 11) is 0. The molecule has 0 saturated heterocycles. The number of aromatic nitrogens is 2. The summed E-state index contributed by atoms with van der Waals surface area (Å²) in [5.74, 6) is 0.557. The smallest absolute Gasteiger partial charge is 0.228 e. The lowest BCUT2D eigenvalue weighted by Crippen LogP contribution is -2.03. The van der Waals surface area contributed by atoms with Gasteiger partial charge in [0.25, 0.3) is 0 Å². The van der Waals surface area contributed by atoms with Crippen LogP contribution in [0.4, 0.5) is 10.1 Å². The third-order valence-electron chi connectivity index (χ3n) is 4.32. The molecule has 2 heterocycles. The number of halogens is 1. The van der Waals surface area contributed by atoms with Crippen molar-refractivity contribution in [3.63, 3.8) is 0 Å². The summed E-state index contributed by atoms with van der Waals surface area (Å²) < 4.78 is 12.9. The molecule has 1 aliphatic heterocycles. The molecule has 1 amide bonds. The zero-order chi connectivity index (χ0) is 17.2. The van der Waals surface area contributed by atoms with Gasteiger partial charge >= 0.3 is 0 Å². The lowest BCUT2D eigenvalue weighted by atomic mass is 10.0. The number of hydrogen-bond donors (Lipinski definition) is 1. The molecule has 124 valence electrons. The number of amides is 1. The van der Waals surface area contributed by atoms with Gasteiger partial charge in [0.1, 0.15) is 11.6 Å². The van der Waals surface area contributed by atoms with Crippen LogP contribution in [0.3, 0.4) is 0 Å². The molecule has 0 aliphatic carbocycles. The number of carbonyl (C=O) groups is 1. The summed E-state index contributed by atoms with van der Waals surface area (Å²) in [4.78, 5) is 20.3. The van der Waals surface area contributed by atoms with E-state index in [1.165, 1.54) is 12.1 Å². The lowest BCUT2D eigenvalue weighted by molar-refractivity contribution is -0.115. The van der Waals surface area contributed by atoms with Crippen LogP contribution in [0.1, 0.15) is 17.0 Å². The first-order valence-corrected chi connectivity index (χ1v) is 8.16. The summed E-state index contributed by atoms with van der Waals surface area (Å²) in [6.45, 7) is 0. The number of anilines is 1. The minimum absolute atomic E-state index is 0.0274. The van der Waals surface area contributed by atoms with Crippen LogP contribution >= 0.6 is 0 Å². The van der Waals surface area contributed by atoms with Crippen molar-refractivity contribution in [1.29, 1.82) is 0 Å². The third-order valence-corrected chi connectivity index (χ3v) is 4.32. The number of nitrogens with one attached hydrogen (secondary N) is 1. The van der Waals surface area contributed by atoms with E-state index in [9.17, 15) is 9.18 Å². The van der Waals surface area contributed by atoms with E-state index in [4.69, 9.17) is 0 Å². The normalized spacial score (nSPS) is 12.8. The Bertz CT molecular complexity index is 921. The Balaban J connectivity index is 1.46. The Morgan fingerprint density at radius 2 is 1.72 bits per heavy atom. The number of carbonyl (C=O) groups excluding carboxylic acids is 1. The maximum Gasteiger partial charge on any atom is 0.228 e. The molecular weight excluding hydrogens is 317 g/mol. The molecule has 4 nitrogen and oxygen atoms in total. The van der Waals surface area contributed by atoms with Gasteiger partial charge in [-0.25, -0.2) is 14.4 Å². The Morgan fingerprint density at radius 1 is 0.960 bits per heavy atom. The summed E-state index contributed by atoms with van der Waals surface area (Å²) >= 11 is 0. The first kappa shape index (κ1) is 15.4. The largest absolute Gasteiger partial charge is 0.326 e. The number of fused-ring (bicyclic) bond motifs is 1. The molecular formula is C20H16FN3O. The predicted octanol–water partition coefficient (Wildman–Crippen LogP) is 3.56. The molecule has 0 spiro atoms. The fourth-order valence-electron chi connectivity index (χ4n) is 2.95. The van der Waals surface area contributed by atoms with Crippen LogP contribution in [0.2, 0.25) is 0 Å². The Kier molecular flexibility index (Phi) is 3.98. The maximum absolute atomic E-state index is 12.9. The highest BCUT2D eigenvalue weighted by Crippen LogP contribution is 2.28. The van der Waals surface area contributed by atoms with Crippen LogP contribution in [0, 0.1) is 5.82 Å². The summed E-state index contributed by atoms with van der Waals surface area (Å²) in [6.07, 6.45) is 5.50. The van der Waals surface area contributed by atoms with Crippen LogP contribution in [-0.2, 0) is 24.1 Å². The van der Waals surface area contributed by atoms with Gasteiger partial charge < -0.3 is 5.32 Å². The van der Waals surface area contributed by atoms with Gasteiger partial charge in [-0.2, -0.15) is 0 Å². The van der Waals surface area contributed by atoms with Crippen molar-refractivity contribution in [1.82, 2.24) is 9.97 Å². The second-order valence-electron chi connectivity index (χ2n) is 6.11. The minimum atomic E-state index is -0.226. The van der Waals surface area contributed by atoms with Crippen molar-refractivity contribution in [2.75, 3.05) is 5.32 Å². The van der Waals surface area contributed by atoms with Gasteiger partial charge in [0, 0.05) is 30.1 Å². The molecule has 0 radical (unpaired) electrons. The zero-order valence-corrected chi connectivity index (χ0v) is 13.5. The van der Waals surface area contributed by atoms with E-state index in [0.717, 1.165) is 40.2 Å². The fourth-order valence-corrected chi connectivity index (χ4v) is 2.95. The van der Waals surface area contributed by atoms with Gasteiger partial charge in [-0.1, -0.05) is 18.2 Å². The molecule has 25 heavy (non-hydrogen) atoms. The van der Waals surface area contributed by atoms with E-state index in [1.807, 2.05) is 18.2 Å². The van der Waals surface area contributed by atoms with Crippen molar-refractivity contribution in [2.24, 2.45) is 0 Å². The molecule has 0 fully saturated rings. The molecule has 1 aliphatic rings. The number of benzene rings is 2. The Hall–Kier alpha value is -3.08. The van der Waals surface area contributed by atoms with Crippen molar-refractivity contribution >= 4 is 11.6 Å². The molecule has 5 heteroatoms. The van der Waals surface area contributed by atoms with E-state index < -0.39 is 0 Å². The lowest BCUT2D eigenvalue weighted by Gasteiger charge is -2.05. The van der Waals surface area contributed by atoms with Gasteiger partial charge in [0.2, 0.25) is 5.91 Å². The third kappa shape index (κ3) is 3.40. The first-order chi connectivity index (χ1) is 12.2. The molecule has 3 aromatic rings. The molecule has 0 atom stereocenters. The highest BCUT2D eigenvalue weighted by atomic mass is 19.1. The van der Waals surface area contributed by atoms with Gasteiger partial charge in [0.05, 0.1) is 6.42 Å². The molecule has 1 N–H and O–H groups in total. The van der Waals surface area contributed by atoms with E-state index in [0.29, 0.717) is 12.8 Å². The first-order valence-electron chi connectivity index (χ1n) is 8.16. The molecule has 0 bridgehead atoms. The van der Waals surface area contributed by atoms with E-state index in [2.05, 4.69) is 15.3 Å². The van der Waals surface area contributed by atoms with Crippen LogP contribution in [0.5, 0.6) is 0 Å². The minimum Gasteiger partial charge on any atom is -0.326 e. The topological polar surface area (TPSA) is 54.9 Å². The van der Waals surface area contributed by atoms with Crippen LogP contribution < -0.4 is 5.32 Å². The van der Waals surface area contributed by atoms with Gasteiger partial charge in [0.15, 0.2) is 0 Å². The summed E-state index contributed by atoms with van der Waals surface area (Å²) in [6, 6.07) is 12.4. The van der Waals surface area contributed by atoms with Crippen molar-refractivity contribution in [2.45, 2.75) is 19.3 Å². The highest BCUT2D eigenvalue weighted by molar-refractivity contribution is 5.99. The van der Waals surface area contributed by atoms with Crippen molar-refractivity contribution < 1.29 is 9.18 Å². The zero-order valence-electron chi connectivity index (χ0n) is 13.5. The average molecular weight is 333 g/mol. The standard InChI is InChI=1S/C20H16FN3O/c21-17-5-1-13(2-6-17)3-8-19-22-11-16(12-23-19)14-4-7-18-15(9-14)10-20(25)24-18/h1-2,4-7,9,11-12H,3,8,10H2,(H,24,25). The maximum atomic E-state index is 12.9. The number of hydrogen-bond acceptors (Lipinski definition) is 3. The molecule has 2 aromatic carbocycles. The summed E-state index contributed by atoms with van der Waals surface area (Å²) in [5.41, 5.74) is 4.87. The second kappa shape index (κ2) is 6.43. The second-order valence-corrected chi connectivity index (χ2v) is 6.11. The monoisotopic (exact) mass is 333 g/mol. The number of nitrogens with zero attached hydrogens (tertiary/aromatic N) is 2. The van der Waals surface area contributed by atoms with Crippen LogP contribution in [0.15, 0.2) is 54.9 Å². The SMILES string of the molecule is O=C1Cc2cc(-c3cnc(CCc4ccc(F)cc4)nc3)ccc2N1. The Morgan fingerprint density at radius 3 is 2.48 bits per heavy atom. The van der Waals surface area contributed by atoms with Crippen LogP contribution in [-0.4, -0.2) is 15.9 Å². The highest BCUT2D eigenvalue weighted by Gasteiger charge is 2.17. The fraction of sp³-hybridized carbons (Fsp3) is 0.150. The van der Waals surface area contributed by atoms with Crippen molar-refractivity contribution in [3.05, 3.63) is 77.6 Å². The number of rotatable bonds is 4.